The number of aromatic nitrogens is 3. The number of fused-ring (bicyclic) bond motifs is 1. The van der Waals surface area contributed by atoms with E-state index in [0.717, 1.165) is 35.7 Å². The molecule has 1 aliphatic carbocycles. The minimum absolute atomic E-state index is 0.682. The lowest BCUT2D eigenvalue weighted by molar-refractivity contribution is 0.112. The molecule has 0 atom stereocenters. The predicted molar refractivity (Wildman–Crippen MR) is 78.0 cm³/mol. The molecule has 0 bridgehead atoms. The van der Waals surface area contributed by atoms with Gasteiger partial charge in [0.15, 0.2) is 17.8 Å². The van der Waals surface area contributed by atoms with Crippen molar-refractivity contribution in [1.29, 1.82) is 0 Å². The fourth-order valence-electron chi connectivity index (χ4n) is 3.12. The van der Waals surface area contributed by atoms with Crippen molar-refractivity contribution >= 4 is 11.9 Å². The van der Waals surface area contributed by atoms with Crippen LogP contribution in [-0.4, -0.2) is 20.9 Å². The summed E-state index contributed by atoms with van der Waals surface area (Å²) >= 11 is 0. The van der Waals surface area contributed by atoms with E-state index in [1.807, 2.05) is 13.0 Å². The molecule has 1 fully saturated rings. The van der Waals surface area contributed by atoms with Crippen LogP contribution in [0.25, 0.3) is 5.65 Å². The van der Waals surface area contributed by atoms with Crippen molar-refractivity contribution in [3.05, 3.63) is 29.2 Å². The van der Waals surface area contributed by atoms with Gasteiger partial charge < -0.3 is 0 Å². The number of hydrogen-bond acceptors (Lipinski definition) is 3. The average Bonchev–Trinajstić information content (AvgIpc) is 2.87. The Hall–Kier alpha value is -1.71. The molecule has 0 spiro atoms. The van der Waals surface area contributed by atoms with Crippen LogP contribution in [-0.2, 0) is 6.42 Å². The van der Waals surface area contributed by atoms with E-state index < -0.39 is 0 Å². The van der Waals surface area contributed by atoms with Crippen molar-refractivity contribution in [2.45, 2.75) is 51.9 Å². The Kier molecular flexibility index (Phi) is 3.81. The molecule has 106 valence electrons. The van der Waals surface area contributed by atoms with Crippen LogP contribution in [0.5, 0.6) is 0 Å². The van der Waals surface area contributed by atoms with Crippen LogP contribution < -0.4 is 0 Å². The number of nitrogens with zero attached hydrogens (tertiary/aromatic N) is 3. The topological polar surface area (TPSA) is 47.3 Å². The van der Waals surface area contributed by atoms with Crippen LogP contribution in [0.15, 0.2) is 12.3 Å². The second-order valence-electron chi connectivity index (χ2n) is 5.90. The molecule has 4 nitrogen and oxygen atoms in total. The average molecular weight is 271 g/mol. The van der Waals surface area contributed by atoms with E-state index in [-0.39, 0.29) is 0 Å². The van der Waals surface area contributed by atoms with Crippen molar-refractivity contribution in [3.8, 4) is 0 Å². The summed E-state index contributed by atoms with van der Waals surface area (Å²) < 4.78 is 1.73. The highest BCUT2D eigenvalue weighted by Gasteiger charge is 2.14. The summed E-state index contributed by atoms with van der Waals surface area (Å²) in [6, 6.07) is 1.93. The molecule has 0 saturated heterocycles. The van der Waals surface area contributed by atoms with E-state index in [4.69, 9.17) is 0 Å². The maximum Gasteiger partial charge on any atom is 0.155 e. The van der Waals surface area contributed by atoms with Crippen LogP contribution in [0.1, 0.15) is 60.3 Å². The highest BCUT2D eigenvalue weighted by molar-refractivity contribution is 5.77. The van der Waals surface area contributed by atoms with Gasteiger partial charge in [0.2, 0.25) is 0 Å². The Bertz CT molecular complexity index is 611. The first-order valence-electron chi connectivity index (χ1n) is 7.57. The molecule has 1 aliphatic rings. The van der Waals surface area contributed by atoms with Gasteiger partial charge in [0, 0.05) is 18.2 Å². The third kappa shape index (κ3) is 2.74. The SMILES string of the molecule is Cc1cc2nc(CCC3CCCCC3)nn2cc1C=O. The zero-order chi connectivity index (χ0) is 13.9. The Labute approximate surface area is 119 Å². The number of pyridine rings is 1. The number of carbonyl (C=O) groups is 1. The third-order valence-corrected chi connectivity index (χ3v) is 4.39. The lowest BCUT2D eigenvalue weighted by Crippen LogP contribution is -2.07. The molecule has 0 radical (unpaired) electrons. The Morgan fingerprint density at radius 3 is 2.90 bits per heavy atom. The maximum atomic E-state index is 10.9. The molecular weight excluding hydrogens is 250 g/mol. The van der Waals surface area contributed by atoms with Crippen LogP contribution >= 0.6 is 0 Å². The van der Waals surface area contributed by atoms with Gasteiger partial charge in [-0.05, 0) is 30.9 Å². The van der Waals surface area contributed by atoms with Gasteiger partial charge in [-0.3, -0.25) is 4.79 Å². The van der Waals surface area contributed by atoms with Gasteiger partial charge >= 0.3 is 0 Å². The molecule has 0 amide bonds. The first-order valence-corrected chi connectivity index (χ1v) is 7.57. The minimum atomic E-state index is 0.682. The van der Waals surface area contributed by atoms with Crippen molar-refractivity contribution < 1.29 is 4.79 Å². The third-order valence-electron chi connectivity index (χ3n) is 4.39. The summed E-state index contributed by atoms with van der Waals surface area (Å²) in [6.07, 6.45) is 11.7. The maximum absolute atomic E-state index is 10.9. The van der Waals surface area contributed by atoms with E-state index in [1.54, 1.807) is 10.7 Å². The van der Waals surface area contributed by atoms with Gasteiger partial charge in [-0.25, -0.2) is 9.50 Å². The lowest BCUT2D eigenvalue weighted by atomic mass is 9.86. The summed E-state index contributed by atoms with van der Waals surface area (Å²) in [5.41, 5.74) is 2.48. The number of carbonyl (C=O) groups excluding carboxylic acids is 1. The van der Waals surface area contributed by atoms with Crippen LogP contribution in [0.3, 0.4) is 0 Å². The zero-order valence-electron chi connectivity index (χ0n) is 12.0. The van der Waals surface area contributed by atoms with Gasteiger partial charge in [0.05, 0.1) is 0 Å². The van der Waals surface area contributed by atoms with Crippen LogP contribution in [0.4, 0.5) is 0 Å². The molecule has 2 aromatic heterocycles. The summed E-state index contributed by atoms with van der Waals surface area (Å²) in [6.45, 7) is 1.93. The molecule has 20 heavy (non-hydrogen) atoms. The normalized spacial score (nSPS) is 16.6. The Morgan fingerprint density at radius 2 is 2.15 bits per heavy atom. The second kappa shape index (κ2) is 5.73. The number of hydrogen-bond donors (Lipinski definition) is 0. The molecule has 2 heterocycles. The molecule has 0 unspecified atom stereocenters. The van der Waals surface area contributed by atoms with Crippen molar-refractivity contribution in [3.63, 3.8) is 0 Å². The van der Waals surface area contributed by atoms with E-state index in [0.29, 0.717) is 5.56 Å². The van der Waals surface area contributed by atoms with E-state index >= 15 is 0 Å². The van der Waals surface area contributed by atoms with Crippen molar-refractivity contribution in [2.75, 3.05) is 0 Å². The largest absolute Gasteiger partial charge is 0.298 e. The highest BCUT2D eigenvalue weighted by Crippen LogP contribution is 2.27. The number of aldehydes is 1. The van der Waals surface area contributed by atoms with Gasteiger partial charge in [-0.1, -0.05) is 32.1 Å². The number of aryl methyl sites for hydroxylation is 2. The minimum Gasteiger partial charge on any atom is -0.298 e. The zero-order valence-corrected chi connectivity index (χ0v) is 12.0. The van der Waals surface area contributed by atoms with E-state index in [9.17, 15) is 4.79 Å². The van der Waals surface area contributed by atoms with E-state index in [1.165, 1.54) is 38.5 Å². The Balaban J connectivity index is 1.73. The molecule has 2 aromatic rings. The van der Waals surface area contributed by atoms with Gasteiger partial charge in [-0.15, -0.1) is 0 Å². The summed E-state index contributed by atoms with van der Waals surface area (Å²) in [7, 11) is 0. The molecule has 3 rings (SSSR count). The fourth-order valence-corrected chi connectivity index (χ4v) is 3.12. The summed E-state index contributed by atoms with van der Waals surface area (Å²) in [4.78, 5) is 15.5. The highest BCUT2D eigenvalue weighted by atomic mass is 16.1. The standard InChI is InChI=1S/C16H21N3O/c1-12-9-16-17-15(18-19(16)10-14(12)11-20)8-7-13-5-3-2-4-6-13/h9-11,13H,2-8H2,1H3. The Morgan fingerprint density at radius 1 is 1.35 bits per heavy atom. The first kappa shape index (κ1) is 13.3. The molecule has 0 N–H and O–H groups in total. The van der Waals surface area contributed by atoms with Crippen molar-refractivity contribution in [2.24, 2.45) is 5.92 Å². The molecule has 0 aliphatic heterocycles. The van der Waals surface area contributed by atoms with Crippen molar-refractivity contribution in [1.82, 2.24) is 14.6 Å². The molecular formula is C16H21N3O. The lowest BCUT2D eigenvalue weighted by Gasteiger charge is -2.20. The fraction of sp³-hybridized carbons (Fsp3) is 0.562. The monoisotopic (exact) mass is 271 g/mol. The molecule has 0 aromatic carbocycles. The van der Waals surface area contributed by atoms with Gasteiger partial charge in [-0.2, -0.15) is 5.10 Å². The number of rotatable bonds is 4. The predicted octanol–water partition coefficient (Wildman–Crippen LogP) is 3.36. The van der Waals surface area contributed by atoms with Crippen LogP contribution in [0, 0.1) is 12.8 Å². The second-order valence-corrected chi connectivity index (χ2v) is 5.90. The van der Waals surface area contributed by atoms with Gasteiger partial charge in [0.1, 0.15) is 0 Å². The summed E-state index contributed by atoms with van der Waals surface area (Å²) in [5.74, 6) is 1.75. The van der Waals surface area contributed by atoms with Crippen LogP contribution in [0.2, 0.25) is 0 Å². The van der Waals surface area contributed by atoms with Gasteiger partial charge in [0.25, 0.3) is 0 Å². The quantitative estimate of drug-likeness (QED) is 0.801. The van der Waals surface area contributed by atoms with E-state index in [2.05, 4.69) is 10.1 Å². The first-order chi connectivity index (χ1) is 9.76. The summed E-state index contributed by atoms with van der Waals surface area (Å²) in [5, 5.41) is 4.49. The molecule has 1 saturated carbocycles. The smallest absolute Gasteiger partial charge is 0.155 e. The molecule has 4 heteroatoms.